The minimum Gasteiger partial charge on any atom is -0.169 e. The van der Waals surface area contributed by atoms with Crippen molar-refractivity contribution in [2.24, 2.45) is 0 Å². The molecule has 5 heteroatoms. The molecule has 0 fully saturated rings. The van der Waals surface area contributed by atoms with E-state index in [1.54, 1.807) is 6.42 Å². The zero-order chi connectivity index (χ0) is 10.7. The Bertz CT molecular complexity index is 150. The number of hydrogen-bond donors (Lipinski definition) is 0. The molecule has 1 atom stereocenters. The highest BCUT2D eigenvalue weighted by Gasteiger charge is 2.37. The van der Waals surface area contributed by atoms with Crippen LogP contribution in [0.1, 0.15) is 6.42 Å². The Morgan fingerprint density at radius 3 is 2.08 bits per heavy atom. The normalized spacial score (nSPS) is 15.9. The van der Waals surface area contributed by atoms with Crippen molar-refractivity contribution in [1.82, 2.24) is 0 Å². The van der Waals surface area contributed by atoms with E-state index >= 15 is 0 Å². The van der Waals surface area contributed by atoms with Crippen molar-refractivity contribution in [3.63, 3.8) is 0 Å². The minimum atomic E-state index is -4.27. The quantitative estimate of drug-likeness (QED) is 0.505. The predicted molar refractivity (Wildman–Crippen MR) is 52.8 cm³/mol. The summed E-state index contributed by atoms with van der Waals surface area (Å²) in [4.78, 5) is 0. The van der Waals surface area contributed by atoms with Gasteiger partial charge in [0.05, 0.1) is 0 Å². The molecule has 0 saturated heterocycles. The van der Waals surface area contributed by atoms with Crippen molar-refractivity contribution in [3.8, 4) is 0 Å². The summed E-state index contributed by atoms with van der Waals surface area (Å²) in [6.45, 7) is 6.33. The van der Waals surface area contributed by atoms with Crippen molar-refractivity contribution >= 4 is 19.7 Å². The molecule has 1 radical (unpaired) electrons. The van der Waals surface area contributed by atoms with Crippen molar-refractivity contribution in [2.45, 2.75) is 43.7 Å². The van der Waals surface area contributed by atoms with Crippen LogP contribution < -0.4 is 0 Å². The molecule has 0 aliphatic carbocycles. The van der Waals surface area contributed by atoms with Crippen LogP contribution >= 0.6 is 11.6 Å². The molecule has 0 aromatic heterocycles. The molecule has 0 bridgehead atoms. The van der Waals surface area contributed by atoms with Crippen LogP contribution in [0.2, 0.25) is 25.7 Å². The molecule has 0 aliphatic rings. The lowest BCUT2D eigenvalue weighted by Crippen LogP contribution is -2.25. The number of alkyl halides is 4. The third-order valence-corrected chi connectivity index (χ3v) is 3.42. The van der Waals surface area contributed by atoms with E-state index < -0.39 is 19.6 Å². The molecule has 0 nitrogen and oxygen atoms in total. The first-order chi connectivity index (χ1) is 5.63. The van der Waals surface area contributed by atoms with Gasteiger partial charge in [-0.15, -0.1) is 11.6 Å². The first-order valence-corrected chi connectivity index (χ1v) is 8.30. The molecule has 0 aromatic rings. The lowest BCUT2D eigenvalue weighted by Gasteiger charge is -2.17. The van der Waals surface area contributed by atoms with Crippen LogP contribution in [0.25, 0.3) is 0 Å². The minimum absolute atomic E-state index is 0.0741. The molecule has 79 valence electrons. The van der Waals surface area contributed by atoms with Crippen LogP contribution in [0, 0.1) is 6.42 Å². The maximum atomic E-state index is 11.9. The topological polar surface area (TPSA) is 0 Å². The van der Waals surface area contributed by atoms with E-state index in [2.05, 4.69) is 19.6 Å². The molecule has 0 spiro atoms. The van der Waals surface area contributed by atoms with Gasteiger partial charge in [0, 0.05) is 8.07 Å². The third-order valence-electron chi connectivity index (χ3n) is 1.49. The van der Waals surface area contributed by atoms with Crippen molar-refractivity contribution in [3.05, 3.63) is 6.42 Å². The summed E-state index contributed by atoms with van der Waals surface area (Å²) < 4.78 is 35.8. The van der Waals surface area contributed by atoms with E-state index in [0.29, 0.717) is 0 Å². The first kappa shape index (κ1) is 13.3. The molecule has 0 rings (SSSR count). The number of halogens is 4. The Hall–Kier alpha value is 0.297. The fourth-order valence-corrected chi connectivity index (χ4v) is 1.95. The number of hydrogen-bond acceptors (Lipinski definition) is 0. The van der Waals surface area contributed by atoms with Gasteiger partial charge in [-0.1, -0.05) is 25.7 Å². The van der Waals surface area contributed by atoms with E-state index in [1.807, 2.05) is 0 Å². The van der Waals surface area contributed by atoms with Crippen LogP contribution in [0.15, 0.2) is 0 Å². The van der Waals surface area contributed by atoms with Crippen LogP contribution in [0.5, 0.6) is 0 Å². The standard InChI is InChI=1S/C8H15ClF3Si/c1-13(2,3)6-4-5-7(9)8(10,11)12/h4,7H,5-6H2,1-3H3. The third kappa shape index (κ3) is 7.37. The lowest BCUT2D eigenvalue weighted by molar-refractivity contribution is -0.130. The molecule has 13 heavy (non-hydrogen) atoms. The van der Waals surface area contributed by atoms with Crippen molar-refractivity contribution in [1.29, 1.82) is 0 Å². The number of rotatable bonds is 4. The molecule has 0 saturated carbocycles. The molecule has 0 N–H and O–H groups in total. The van der Waals surface area contributed by atoms with E-state index in [1.165, 1.54) is 0 Å². The fourth-order valence-electron chi connectivity index (χ4n) is 0.796. The van der Waals surface area contributed by atoms with E-state index in [0.717, 1.165) is 6.04 Å². The van der Waals surface area contributed by atoms with Gasteiger partial charge in [-0.3, -0.25) is 0 Å². The van der Waals surface area contributed by atoms with Crippen molar-refractivity contribution < 1.29 is 13.2 Å². The maximum Gasteiger partial charge on any atom is 0.404 e. The van der Waals surface area contributed by atoms with Crippen LogP contribution in [0.4, 0.5) is 13.2 Å². The molecule has 1 unspecified atom stereocenters. The second-order valence-electron chi connectivity index (χ2n) is 4.30. The summed E-state index contributed by atoms with van der Waals surface area (Å²) >= 11 is 5.14. The molecule has 0 amide bonds. The van der Waals surface area contributed by atoms with Gasteiger partial charge in [-0.25, -0.2) is 0 Å². The smallest absolute Gasteiger partial charge is 0.169 e. The predicted octanol–water partition coefficient (Wildman–Crippen LogP) is 4.09. The molecule has 0 heterocycles. The van der Waals surface area contributed by atoms with E-state index in [9.17, 15) is 13.2 Å². The van der Waals surface area contributed by atoms with Gasteiger partial charge in [-0.05, 0) is 12.8 Å². The highest BCUT2D eigenvalue weighted by atomic mass is 35.5. The van der Waals surface area contributed by atoms with Crippen LogP contribution in [0.3, 0.4) is 0 Å². The molecule has 0 aromatic carbocycles. The van der Waals surface area contributed by atoms with Gasteiger partial charge in [0.2, 0.25) is 0 Å². The van der Waals surface area contributed by atoms with Gasteiger partial charge in [-0.2, -0.15) is 13.2 Å². The zero-order valence-electron chi connectivity index (χ0n) is 8.08. The second-order valence-corrected chi connectivity index (χ2v) is 10.4. The van der Waals surface area contributed by atoms with E-state index in [-0.39, 0.29) is 6.42 Å². The highest BCUT2D eigenvalue weighted by molar-refractivity contribution is 6.76. The van der Waals surface area contributed by atoms with Gasteiger partial charge < -0.3 is 0 Å². The average molecular weight is 232 g/mol. The van der Waals surface area contributed by atoms with E-state index in [4.69, 9.17) is 11.6 Å². The van der Waals surface area contributed by atoms with Crippen LogP contribution in [-0.2, 0) is 0 Å². The zero-order valence-corrected chi connectivity index (χ0v) is 9.84. The van der Waals surface area contributed by atoms with Gasteiger partial charge in [0.25, 0.3) is 0 Å². The highest BCUT2D eigenvalue weighted by Crippen LogP contribution is 2.29. The van der Waals surface area contributed by atoms with Gasteiger partial charge >= 0.3 is 6.18 Å². The SMILES string of the molecule is C[Si](C)(C)C[CH]CC(Cl)C(F)(F)F. The second kappa shape index (κ2) is 4.69. The Balaban J connectivity index is 3.67. The average Bonchev–Trinajstić information content (AvgIpc) is 1.82. The summed E-state index contributed by atoms with van der Waals surface area (Å²) in [7, 11) is -1.26. The Kier molecular flexibility index (Phi) is 4.79. The summed E-state index contributed by atoms with van der Waals surface area (Å²) in [5.74, 6) is 0. The first-order valence-electron chi connectivity index (χ1n) is 4.15. The molecular formula is C8H15ClF3Si. The molecular weight excluding hydrogens is 217 g/mol. The van der Waals surface area contributed by atoms with Crippen LogP contribution in [-0.4, -0.2) is 19.6 Å². The van der Waals surface area contributed by atoms with Gasteiger partial charge in [0.1, 0.15) is 5.38 Å². The summed E-state index contributed by atoms with van der Waals surface area (Å²) in [6.07, 6.45) is -2.68. The summed E-state index contributed by atoms with van der Waals surface area (Å²) in [5.41, 5.74) is 0. The Labute approximate surface area is 83.5 Å². The monoisotopic (exact) mass is 231 g/mol. The Morgan fingerprint density at radius 1 is 1.31 bits per heavy atom. The largest absolute Gasteiger partial charge is 0.404 e. The maximum absolute atomic E-state index is 11.9. The Morgan fingerprint density at radius 2 is 1.77 bits per heavy atom. The molecule has 0 aliphatic heterocycles. The summed E-state index contributed by atoms with van der Waals surface area (Å²) in [6, 6.07) is 0.784. The fraction of sp³-hybridized carbons (Fsp3) is 0.875. The lowest BCUT2D eigenvalue weighted by atomic mass is 10.2. The van der Waals surface area contributed by atoms with Crippen molar-refractivity contribution in [2.75, 3.05) is 0 Å². The summed E-state index contributed by atoms with van der Waals surface area (Å²) in [5, 5.41) is -1.72. The van der Waals surface area contributed by atoms with Gasteiger partial charge in [0.15, 0.2) is 0 Å².